The number of hydrogen-bond acceptors (Lipinski definition) is 8. The Balaban J connectivity index is 0. The molecule has 10 nitrogen and oxygen atoms in total. The lowest BCUT2D eigenvalue weighted by Gasteiger charge is -2.38. The van der Waals surface area contributed by atoms with E-state index < -0.39 is 47.6 Å². The number of hydrogen-bond donors (Lipinski definition) is 7. The second-order valence-corrected chi connectivity index (χ2v) is 4.15. The Bertz CT molecular complexity index is 312. The summed E-state index contributed by atoms with van der Waals surface area (Å²) in [6.45, 7) is -0.470. The molecule has 5 atom stereocenters. The van der Waals surface area contributed by atoms with E-state index in [4.69, 9.17) is 38.2 Å². The van der Waals surface area contributed by atoms with Crippen LogP contribution in [0.1, 0.15) is 0 Å². The Labute approximate surface area is 109 Å². The number of halogens is 1. The smallest absolute Gasteiger partial charge is 0.394 e. The van der Waals surface area contributed by atoms with E-state index in [1.807, 2.05) is 0 Å². The number of rotatable bonds is 1. The summed E-state index contributed by atoms with van der Waals surface area (Å²) in [5.74, 6) is 0. The Morgan fingerprint density at radius 3 is 1.83 bits per heavy atom. The quantitative estimate of drug-likeness (QED) is 0.239. The largest absolute Gasteiger partial charge is 0.394 e. The van der Waals surface area contributed by atoms with Gasteiger partial charge >= 0.3 is 10.4 Å². The van der Waals surface area contributed by atoms with Crippen LogP contribution in [-0.4, -0.2) is 75.2 Å². The number of aliphatic hydroxyl groups excluding tert-OH is 4. The van der Waals surface area contributed by atoms with E-state index in [2.05, 4.69) is 0 Å². The third-order valence-electron chi connectivity index (χ3n) is 1.95. The summed E-state index contributed by atoms with van der Waals surface area (Å²) in [7, 11) is -4.67. The highest BCUT2D eigenvalue weighted by Gasteiger charge is 2.41. The van der Waals surface area contributed by atoms with Crippen LogP contribution >= 0.6 is 12.4 Å². The first-order valence-electron chi connectivity index (χ1n) is 4.34. The van der Waals surface area contributed by atoms with Crippen LogP contribution < -0.4 is 5.73 Å². The van der Waals surface area contributed by atoms with Crippen LogP contribution in [0.3, 0.4) is 0 Å². The number of aliphatic hydroxyl groups is 4. The van der Waals surface area contributed by atoms with Crippen LogP contribution in [0.2, 0.25) is 0 Å². The molecule has 1 heterocycles. The minimum absolute atomic E-state index is 0. The Hall–Kier alpha value is -0.0800. The van der Waals surface area contributed by atoms with Gasteiger partial charge in [-0.1, -0.05) is 0 Å². The van der Waals surface area contributed by atoms with Crippen molar-refractivity contribution >= 4 is 22.8 Å². The zero-order chi connectivity index (χ0) is 13.8. The molecular formula is C6H16ClNO9S. The Kier molecular flexibility index (Phi) is 9.18. The van der Waals surface area contributed by atoms with Crippen LogP contribution in [0.15, 0.2) is 0 Å². The van der Waals surface area contributed by atoms with Gasteiger partial charge in [-0.3, -0.25) is 9.11 Å². The molecular weight excluding hydrogens is 298 g/mol. The third kappa shape index (κ3) is 7.38. The van der Waals surface area contributed by atoms with Gasteiger partial charge < -0.3 is 30.9 Å². The fourth-order valence-corrected chi connectivity index (χ4v) is 1.12. The molecule has 0 aromatic rings. The van der Waals surface area contributed by atoms with Gasteiger partial charge in [0.25, 0.3) is 0 Å². The molecule has 0 radical (unpaired) electrons. The Morgan fingerprint density at radius 2 is 1.50 bits per heavy atom. The van der Waals surface area contributed by atoms with Gasteiger partial charge in [0.1, 0.15) is 18.3 Å². The monoisotopic (exact) mass is 313 g/mol. The molecule has 0 bridgehead atoms. The molecule has 18 heavy (non-hydrogen) atoms. The van der Waals surface area contributed by atoms with Gasteiger partial charge in [-0.15, -0.1) is 12.4 Å². The van der Waals surface area contributed by atoms with E-state index in [9.17, 15) is 10.2 Å². The maximum atomic E-state index is 9.20. The van der Waals surface area contributed by atoms with Crippen LogP contribution in [0.25, 0.3) is 0 Å². The average Bonchev–Trinajstić information content (AvgIpc) is 2.18. The summed E-state index contributed by atoms with van der Waals surface area (Å²) >= 11 is 0. The number of nitrogens with two attached hydrogens (primary N) is 1. The molecule has 0 aromatic heterocycles. The van der Waals surface area contributed by atoms with E-state index in [1.54, 1.807) is 0 Å². The van der Waals surface area contributed by atoms with Crippen molar-refractivity contribution in [2.24, 2.45) is 5.73 Å². The first-order valence-corrected chi connectivity index (χ1v) is 5.73. The predicted octanol–water partition coefficient (Wildman–Crippen LogP) is -3.49. The average molecular weight is 314 g/mol. The highest BCUT2D eigenvalue weighted by molar-refractivity contribution is 7.79. The minimum atomic E-state index is -4.67. The zero-order valence-electron chi connectivity index (χ0n) is 8.90. The molecule has 1 fully saturated rings. The first kappa shape index (κ1) is 20.2. The first-order chi connectivity index (χ1) is 7.57. The van der Waals surface area contributed by atoms with Crippen molar-refractivity contribution in [1.82, 2.24) is 0 Å². The second kappa shape index (κ2) is 8.16. The number of ether oxygens (including phenoxy) is 1. The standard InChI is InChI=1S/C6H13NO5.ClH.H2O4S/c7-3-5(10)4(9)2(1-8)12-6(3)11;;1-5(2,3)4/h2-6,8-11H,1,7H2;1H;(H2,1,2,3,4)/t2-,3-,4-,5-,6-;;/m1../s1. The molecule has 0 unspecified atom stereocenters. The molecule has 1 rings (SSSR count). The van der Waals surface area contributed by atoms with Gasteiger partial charge in [-0.25, -0.2) is 0 Å². The van der Waals surface area contributed by atoms with Gasteiger partial charge in [0.15, 0.2) is 6.29 Å². The summed E-state index contributed by atoms with van der Waals surface area (Å²) in [5.41, 5.74) is 5.26. The normalized spacial score (nSPS) is 36.1. The lowest BCUT2D eigenvalue weighted by molar-refractivity contribution is -0.248. The van der Waals surface area contributed by atoms with Crippen molar-refractivity contribution in [3.63, 3.8) is 0 Å². The van der Waals surface area contributed by atoms with Crippen LogP contribution in [0.4, 0.5) is 0 Å². The van der Waals surface area contributed by atoms with Crippen molar-refractivity contribution < 1.29 is 42.7 Å². The topological polar surface area (TPSA) is 191 Å². The lowest BCUT2D eigenvalue weighted by Crippen LogP contribution is -2.61. The molecule has 1 aliphatic heterocycles. The van der Waals surface area contributed by atoms with Gasteiger partial charge in [-0.2, -0.15) is 8.42 Å². The van der Waals surface area contributed by atoms with E-state index in [0.717, 1.165) is 0 Å². The van der Waals surface area contributed by atoms with Gasteiger partial charge in [0, 0.05) is 0 Å². The Morgan fingerprint density at radius 1 is 1.11 bits per heavy atom. The van der Waals surface area contributed by atoms with Crippen molar-refractivity contribution in [3.8, 4) is 0 Å². The molecule has 0 saturated carbocycles. The molecule has 0 aliphatic carbocycles. The fourth-order valence-electron chi connectivity index (χ4n) is 1.12. The second-order valence-electron chi connectivity index (χ2n) is 3.25. The molecule has 0 aromatic carbocycles. The molecule has 12 heteroatoms. The molecule has 112 valence electrons. The molecule has 0 amide bonds. The highest BCUT2D eigenvalue weighted by atomic mass is 35.5. The van der Waals surface area contributed by atoms with E-state index in [0.29, 0.717) is 0 Å². The summed E-state index contributed by atoms with van der Waals surface area (Å²) < 4.78 is 36.3. The maximum absolute atomic E-state index is 9.20. The maximum Gasteiger partial charge on any atom is 0.394 e. The van der Waals surface area contributed by atoms with Gasteiger partial charge in [0.2, 0.25) is 0 Å². The van der Waals surface area contributed by atoms with Gasteiger partial charge in [0.05, 0.1) is 12.6 Å². The summed E-state index contributed by atoms with van der Waals surface area (Å²) in [5, 5.41) is 36.1. The summed E-state index contributed by atoms with van der Waals surface area (Å²) in [6, 6.07) is -1.04. The van der Waals surface area contributed by atoms with Crippen LogP contribution in [0, 0.1) is 0 Å². The summed E-state index contributed by atoms with van der Waals surface area (Å²) in [6.07, 6.45) is -4.85. The zero-order valence-corrected chi connectivity index (χ0v) is 10.5. The fraction of sp³-hybridized carbons (Fsp3) is 1.00. The molecule has 1 saturated heterocycles. The van der Waals surface area contributed by atoms with Crippen LogP contribution in [-0.2, 0) is 15.1 Å². The van der Waals surface area contributed by atoms with E-state index in [-0.39, 0.29) is 12.4 Å². The van der Waals surface area contributed by atoms with Crippen molar-refractivity contribution in [3.05, 3.63) is 0 Å². The van der Waals surface area contributed by atoms with E-state index in [1.165, 1.54) is 0 Å². The van der Waals surface area contributed by atoms with E-state index >= 15 is 0 Å². The van der Waals surface area contributed by atoms with Crippen molar-refractivity contribution in [2.75, 3.05) is 6.61 Å². The summed E-state index contributed by atoms with van der Waals surface area (Å²) in [4.78, 5) is 0. The van der Waals surface area contributed by atoms with Crippen molar-refractivity contribution in [2.45, 2.75) is 30.6 Å². The van der Waals surface area contributed by atoms with Crippen molar-refractivity contribution in [1.29, 1.82) is 0 Å². The molecule has 8 N–H and O–H groups in total. The molecule has 0 spiro atoms. The lowest BCUT2D eigenvalue weighted by atomic mass is 9.98. The minimum Gasteiger partial charge on any atom is -0.394 e. The van der Waals surface area contributed by atoms with Gasteiger partial charge in [-0.05, 0) is 0 Å². The highest BCUT2D eigenvalue weighted by Crippen LogP contribution is 2.17. The predicted molar refractivity (Wildman–Crippen MR) is 59.4 cm³/mol. The molecule has 1 aliphatic rings. The third-order valence-corrected chi connectivity index (χ3v) is 1.95. The SMILES string of the molecule is Cl.N[C@@H]1[C@@H](O)[C@H](O)[C@@H](CO)O[C@H]1O.O=S(=O)(O)O. The van der Waals surface area contributed by atoms with Crippen LogP contribution in [0.5, 0.6) is 0 Å².